The monoisotopic (exact) mass is 372 g/mol. The van der Waals surface area contributed by atoms with E-state index in [0.717, 1.165) is 37.0 Å². The van der Waals surface area contributed by atoms with Gasteiger partial charge in [-0.05, 0) is 79.9 Å². The van der Waals surface area contributed by atoms with Gasteiger partial charge in [0.15, 0.2) is 6.10 Å². The van der Waals surface area contributed by atoms with E-state index in [1.807, 2.05) is 0 Å². The van der Waals surface area contributed by atoms with E-state index in [1.165, 1.54) is 37.5 Å². The number of hydrogen-bond donors (Lipinski definition) is 2. The van der Waals surface area contributed by atoms with Gasteiger partial charge >= 0.3 is 0 Å². The first kappa shape index (κ1) is 17.0. The van der Waals surface area contributed by atoms with E-state index < -0.39 is 12.0 Å². The van der Waals surface area contributed by atoms with E-state index in [0.29, 0.717) is 24.2 Å². The third-order valence-electron chi connectivity index (χ3n) is 7.02. The maximum Gasteiger partial charge on any atom is 0.279 e. The van der Waals surface area contributed by atoms with Crippen molar-refractivity contribution in [1.82, 2.24) is 10.9 Å². The number of hydrogen-bond acceptors (Lipinski definition) is 3. The van der Waals surface area contributed by atoms with Gasteiger partial charge in [0, 0.05) is 18.4 Å². The minimum Gasteiger partial charge on any atom is -0.480 e. The highest BCUT2D eigenvalue weighted by Gasteiger charge is 2.51. The molecular weight excluding hydrogens is 347 g/mol. The van der Waals surface area contributed by atoms with Crippen LogP contribution in [-0.2, 0) is 16.0 Å². The van der Waals surface area contributed by atoms with Gasteiger partial charge in [0.05, 0.1) is 0 Å². The van der Waals surface area contributed by atoms with Crippen molar-refractivity contribution in [3.8, 4) is 5.75 Å². The fourth-order valence-electron chi connectivity index (χ4n) is 6.47. The molecule has 2 amide bonds. The van der Waals surface area contributed by atoms with E-state index in [1.54, 1.807) is 0 Å². The summed E-state index contributed by atoms with van der Waals surface area (Å²) in [6.07, 6.45) is 7.58. The highest BCUT2D eigenvalue weighted by Crippen LogP contribution is 2.61. The zero-order chi connectivity index (χ0) is 18.6. The molecular formula is C21H25FN2O3. The summed E-state index contributed by atoms with van der Waals surface area (Å²) < 4.78 is 18.8. The van der Waals surface area contributed by atoms with Crippen LogP contribution < -0.4 is 15.6 Å². The number of ether oxygens (including phenoxy) is 1. The molecule has 144 valence electrons. The number of halogens is 1. The SMILES string of the molecule is O=C(CC12CC3CC(CC(C3)C1)C2)NNC(=O)C1Cc2cc(F)ccc2O1. The van der Waals surface area contributed by atoms with Gasteiger partial charge in [0.25, 0.3) is 5.91 Å². The normalized spacial score (nSPS) is 35.4. The van der Waals surface area contributed by atoms with Gasteiger partial charge in [0.2, 0.25) is 5.91 Å². The minimum atomic E-state index is -0.735. The lowest BCUT2D eigenvalue weighted by atomic mass is 9.49. The fraction of sp³-hybridized carbons (Fsp3) is 0.619. The van der Waals surface area contributed by atoms with Crippen LogP contribution in [0.4, 0.5) is 4.39 Å². The molecule has 1 aromatic carbocycles. The van der Waals surface area contributed by atoms with Crippen molar-refractivity contribution in [3.63, 3.8) is 0 Å². The smallest absolute Gasteiger partial charge is 0.279 e. The predicted molar refractivity (Wildman–Crippen MR) is 96.0 cm³/mol. The molecule has 2 N–H and O–H groups in total. The van der Waals surface area contributed by atoms with Crippen LogP contribution in [0.3, 0.4) is 0 Å². The third-order valence-corrected chi connectivity index (χ3v) is 7.02. The third kappa shape index (κ3) is 3.19. The number of carbonyl (C=O) groups is 2. The summed E-state index contributed by atoms with van der Waals surface area (Å²) in [6, 6.07) is 4.23. The van der Waals surface area contributed by atoms with Gasteiger partial charge in [-0.25, -0.2) is 4.39 Å². The van der Waals surface area contributed by atoms with E-state index in [2.05, 4.69) is 10.9 Å². The Hall–Kier alpha value is -2.11. The molecule has 1 aromatic rings. The molecule has 1 atom stereocenters. The van der Waals surface area contributed by atoms with Crippen LogP contribution in [0, 0.1) is 29.0 Å². The van der Waals surface area contributed by atoms with Gasteiger partial charge < -0.3 is 4.74 Å². The summed E-state index contributed by atoms with van der Waals surface area (Å²) in [5.41, 5.74) is 5.90. The van der Waals surface area contributed by atoms with Crippen LogP contribution in [0.15, 0.2) is 18.2 Å². The molecule has 6 heteroatoms. The van der Waals surface area contributed by atoms with Crippen molar-refractivity contribution in [2.24, 2.45) is 23.2 Å². The van der Waals surface area contributed by atoms with Crippen molar-refractivity contribution >= 4 is 11.8 Å². The van der Waals surface area contributed by atoms with Gasteiger partial charge in [-0.3, -0.25) is 20.4 Å². The molecule has 4 fully saturated rings. The molecule has 6 rings (SSSR count). The predicted octanol–water partition coefficient (Wildman–Crippen LogP) is 2.88. The molecule has 1 heterocycles. The molecule has 1 unspecified atom stereocenters. The number of hydrazine groups is 1. The quantitative estimate of drug-likeness (QED) is 0.802. The summed E-state index contributed by atoms with van der Waals surface area (Å²) in [5, 5.41) is 0. The number of carbonyl (C=O) groups excluding carboxylic acids is 2. The Bertz CT molecular complexity index is 758. The van der Waals surface area contributed by atoms with Crippen LogP contribution in [0.2, 0.25) is 0 Å². The second kappa shape index (κ2) is 6.21. The standard InChI is InChI=1S/C21H25FN2O3/c22-16-1-2-17-15(6-16)7-18(27-17)20(26)24-23-19(25)11-21-8-12-3-13(9-21)5-14(4-12)10-21/h1-2,6,12-14,18H,3-5,7-11H2,(H,23,25)(H,24,26). The molecule has 27 heavy (non-hydrogen) atoms. The van der Waals surface area contributed by atoms with E-state index in [9.17, 15) is 14.0 Å². The minimum absolute atomic E-state index is 0.119. The Morgan fingerprint density at radius 3 is 2.41 bits per heavy atom. The molecule has 4 bridgehead atoms. The molecule has 4 aliphatic carbocycles. The van der Waals surface area contributed by atoms with Crippen LogP contribution in [-0.4, -0.2) is 17.9 Å². The summed E-state index contributed by atoms with van der Waals surface area (Å²) in [7, 11) is 0. The molecule has 0 saturated heterocycles. The second-order valence-corrected chi connectivity index (χ2v) is 9.19. The number of nitrogens with one attached hydrogen (secondary N) is 2. The molecule has 4 saturated carbocycles. The summed E-state index contributed by atoms with van der Waals surface area (Å²) in [6.45, 7) is 0. The first-order valence-electron chi connectivity index (χ1n) is 10.0. The Labute approximate surface area is 158 Å². The topological polar surface area (TPSA) is 67.4 Å². The molecule has 1 aliphatic heterocycles. The first-order chi connectivity index (χ1) is 13.0. The largest absolute Gasteiger partial charge is 0.480 e. The lowest BCUT2D eigenvalue weighted by Gasteiger charge is -2.56. The molecule has 0 aromatic heterocycles. The van der Waals surface area contributed by atoms with Crippen LogP contribution in [0.5, 0.6) is 5.75 Å². The highest BCUT2D eigenvalue weighted by atomic mass is 19.1. The zero-order valence-electron chi connectivity index (χ0n) is 15.3. The first-order valence-corrected chi connectivity index (χ1v) is 10.0. The molecule has 5 aliphatic rings. The average Bonchev–Trinajstić information content (AvgIpc) is 3.01. The van der Waals surface area contributed by atoms with E-state index >= 15 is 0 Å². The Morgan fingerprint density at radius 1 is 1.07 bits per heavy atom. The number of amides is 2. The maximum atomic E-state index is 13.3. The summed E-state index contributed by atoms with van der Waals surface area (Å²) >= 11 is 0. The van der Waals surface area contributed by atoms with Gasteiger partial charge in [-0.15, -0.1) is 0 Å². The average molecular weight is 372 g/mol. The fourth-order valence-corrected chi connectivity index (χ4v) is 6.47. The van der Waals surface area contributed by atoms with Gasteiger partial charge in [-0.1, -0.05) is 0 Å². The number of fused-ring (bicyclic) bond motifs is 1. The summed E-state index contributed by atoms with van der Waals surface area (Å²) in [4.78, 5) is 24.8. The Kier molecular flexibility index (Phi) is 3.92. The Morgan fingerprint density at radius 2 is 1.74 bits per heavy atom. The highest BCUT2D eigenvalue weighted by molar-refractivity contribution is 5.86. The van der Waals surface area contributed by atoms with Crippen molar-refractivity contribution in [2.45, 2.75) is 57.5 Å². The van der Waals surface area contributed by atoms with Crippen molar-refractivity contribution in [3.05, 3.63) is 29.6 Å². The molecule has 5 nitrogen and oxygen atoms in total. The number of benzene rings is 1. The Balaban J connectivity index is 1.14. The van der Waals surface area contributed by atoms with Gasteiger partial charge in [-0.2, -0.15) is 0 Å². The van der Waals surface area contributed by atoms with Gasteiger partial charge in [0.1, 0.15) is 11.6 Å². The zero-order valence-corrected chi connectivity index (χ0v) is 15.3. The van der Waals surface area contributed by atoms with Crippen LogP contribution in [0.1, 0.15) is 50.5 Å². The van der Waals surface area contributed by atoms with Crippen LogP contribution in [0.25, 0.3) is 0 Å². The summed E-state index contributed by atoms with van der Waals surface area (Å²) in [5.74, 6) is 2.05. The van der Waals surface area contributed by atoms with Crippen molar-refractivity contribution in [2.75, 3.05) is 0 Å². The molecule has 0 radical (unpaired) electrons. The van der Waals surface area contributed by atoms with E-state index in [-0.39, 0.29) is 17.1 Å². The van der Waals surface area contributed by atoms with Crippen molar-refractivity contribution in [1.29, 1.82) is 0 Å². The second-order valence-electron chi connectivity index (χ2n) is 9.19. The van der Waals surface area contributed by atoms with E-state index in [4.69, 9.17) is 4.74 Å². The van der Waals surface area contributed by atoms with Crippen molar-refractivity contribution < 1.29 is 18.7 Å². The lowest BCUT2D eigenvalue weighted by molar-refractivity contribution is -0.136. The maximum absolute atomic E-state index is 13.3. The lowest BCUT2D eigenvalue weighted by Crippen LogP contribution is -2.51. The number of rotatable bonds is 3. The van der Waals surface area contributed by atoms with Crippen LogP contribution >= 0.6 is 0 Å². The molecule has 0 spiro atoms.